The molecule has 1 heterocycles. The van der Waals surface area contributed by atoms with Crippen LogP contribution >= 0.6 is 11.3 Å². The van der Waals surface area contributed by atoms with Crippen LogP contribution in [0.3, 0.4) is 0 Å². The molecule has 20 heavy (non-hydrogen) atoms. The Bertz CT molecular complexity index is 539. The second-order valence-corrected chi connectivity index (χ2v) is 5.84. The van der Waals surface area contributed by atoms with E-state index in [-0.39, 0.29) is 5.92 Å². The van der Waals surface area contributed by atoms with Gasteiger partial charge >= 0.3 is 0 Å². The third kappa shape index (κ3) is 3.36. The first-order valence-electron chi connectivity index (χ1n) is 6.69. The Morgan fingerprint density at radius 3 is 2.55 bits per heavy atom. The Hall–Kier alpha value is -1.43. The maximum absolute atomic E-state index is 10.5. The number of aliphatic hydroxyl groups excluding tert-OH is 1. The number of hydrogen-bond acceptors (Lipinski definition) is 5. The van der Waals surface area contributed by atoms with Crippen molar-refractivity contribution in [2.24, 2.45) is 5.73 Å². The molecule has 2 atom stereocenters. The van der Waals surface area contributed by atoms with Crippen molar-refractivity contribution in [3.05, 3.63) is 45.9 Å². The van der Waals surface area contributed by atoms with Crippen molar-refractivity contribution in [1.29, 1.82) is 0 Å². The average Bonchev–Trinajstić information content (AvgIpc) is 2.88. The Morgan fingerprint density at radius 2 is 2.05 bits per heavy atom. The molecule has 2 unspecified atom stereocenters. The monoisotopic (exact) mass is 292 g/mol. The quantitative estimate of drug-likeness (QED) is 0.859. The highest BCUT2D eigenvalue weighted by molar-refractivity contribution is 7.11. The number of thiazole rings is 1. The van der Waals surface area contributed by atoms with Crippen LogP contribution < -0.4 is 10.5 Å². The Morgan fingerprint density at radius 1 is 1.35 bits per heavy atom. The van der Waals surface area contributed by atoms with Gasteiger partial charge in [-0.1, -0.05) is 12.1 Å². The van der Waals surface area contributed by atoms with Gasteiger partial charge in [-0.25, -0.2) is 4.98 Å². The number of ether oxygens (including phenoxy) is 1. The number of aryl methyl sites for hydroxylation is 1. The predicted molar refractivity (Wildman–Crippen MR) is 81.2 cm³/mol. The number of rotatable bonds is 6. The summed E-state index contributed by atoms with van der Waals surface area (Å²) in [5.41, 5.74) is 6.85. The van der Waals surface area contributed by atoms with Crippen molar-refractivity contribution in [2.45, 2.75) is 25.9 Å². The van der Waals surface area contributed by atoms with Crippen LogP contribution in [0.25, 0.3) is 0 Å². The summed E-state index contributed by atoms with van der Waals surface area (Å²) in [5.74, 6) is 0.695. The summed E-state index contributed by atoms with van der Waals surface area (Å²) in [5, 5.41) is 11.4. The van der Waals surface area contributed by atoms with Crippen LogP contribution in [-0.4, -0.2) is 23.2 Å². The maximum atomic E-state index is 10.5. The molecule has 0 saturated carbocycles. The van der Waals surface area contributed by atoms with Gasteiger partial charge in [0.25, 0.3) is 0 Å². The molecule has 5 heteroatoms. The zero-order valence-electron chi connectivity index (χ0n) is 11.7. The third-order valence-electron chi connectivity index (χ3n) is 3.18. The number of aromatic nitrogens is 1. The molecule has 0 saturated heterocycles. The lowest BCUT2D eigenvalue weighted by molar-refractivity contribution is 0.151. The molecule has 0 aliphatic rings. The molecule has 108 valence electrons. The smallest absolute Gasteiger partial charge is 0.119 e. The molecule has 4 nitrogen and oxygen atoms in total. The lowest BCUT2D eigenvalue weighted by Gasteiger charge is -2.21. The molecular formula is C15H20N2O2S. The van der Waals surface area contributed by atoms with Crippen LogP contribution in [0.15, 0.2) is 30.5 Å². The van der Waals surface area contributed by atoms with Crippen LogP contribution in [0.2, 0.25) is 0 Å². The second-order valence-electron chi connectivity index (χ2n) is 4.57. The molecule has 0 bridgehead atoms. The van der Waals surface area contributed by atoms with Gasteiger partial charge in [0.1, 0.15) is 5.75 Å². The maximum Gasteiger partial charge on any atom is 0.119 e. The summed E-state index contributed by atoms with van der Waals surface area (Å²) in [7, 11) is 0. The molecule has 0 aliphatic carbocycles. The first kappa shape index (κ1) is 15.0. The van der Waals surface area contributed by atoms with Crippen molar-refractivity contribution in [3.63, 3.8) is 0 Å². The molecule has 0 amide bonds. The van der Waals surface area contributed by atoms with Crippen LogP contribution in [-0.2, 0) is 0 Å². The van der Waals surface area contributed by atoms with Crippen molar-refractivity contribution in [3.8, 4) is 5.75 Å². The third-order valence-corrected chi connectivity index (χ3v) is 4.17. The molecule has 0 aliphatic heterocycles. The number of nitrogens with zero attached hydrogens (tertiary/aromatic N) is 1. The summed E-state index contributed by atoms with van der Waals surface area (Å²) in [6, 6.07) is 7.73. The van der Waals surface area contributed by atoms with Gasteiger partial charge < -0.3 is 15.6 Å². The van der Waals surface area contributed by atoms with Gasteiger partial charge in [0.2, 0.25) is 0 Å². The van der Waals surface area contributed by atoms with Gasteiger partial charge in [0.05, 0.1) is 22.6 Å². The molecule has 0 fully saturated rings. The summed E-state index contributed by atoms with van der Waals surface area (Å²) >= 11 is 1.50. The number of hydrogen-bond donors (Lipinski definition) is 2. The zero-order valence-corrected chi connectivity index (χ0v) is 12.6. The first-order chi connectivity index (χ1) is 9.65. The molecule has 1 aromatic carbocycles. The fourth-order valence-corrected chi connectivity index (χ4v) is 2.97. The second kappa shape index (κ2) is 6.83. The molecular weight excluding hydrogens is 272 g/mol. The fraction of sp³-hybridized carbons (Fsp3) is 0.400. The van der Waals surface area contributed by atoms with Gasteiger partial charge in [-0.3, -0.25) is 0 Å². The number of nitrogens with two attached hydrogens (primary N) is 1. The SMILES string of the molecule is CCOc1ccc(C(CN)C(O)c2cnc(C)s2)cc1. The van der Waals surface area contributed by atoms with E-state index in [0.29, 0.717) is 13.2 Å². The molecule has 0 spiro atoms. The van der Waals surface area contributed by atoms with Gasteiger partial charge in [0.15, 0.2) is 0 Å². The summed E-state index contributed by atoms with van der Waals surface area (Å²) < 4.78 is 5.42. The van der Waals surface area contributed by atoms with E-state index in [9.17, 15) is 5.11 Å². The summed E-state index contributed by atoms with van der Waals surface area (Å²) in [6.45, 7) is 4.90. The van der Waals surface area contributed by atoms with Crippen molar-refractivity contribution < 1.29 is 9.84 Å². The molecule has 3 N–H and O–H groups in total. The van der Waals surface area contributed by atoms with E-state index in [1.54, 1.807) is 6.20 Å². The van der Waals surface area contributed by atoms with Crippen LogP contribution in [0.5, 0.6) is 5.75 Å². The van der Waals surface area contributed by atoms with Crippen LogP contribution in [0.4, 0.5) is 0 Å². The lowest BCUT2D eigenvalue weighted by atomic mass is 9.93. The minimum atomic E-state index is -0.621. The van der Waals surface area contributed by atoms with Crippen LogP contribution in [0.1, 0.15) is 34.4 Å². The van der Waals surface area contributed by atoms with E-state index < -0.39 is 6.10 Å². The highest BCUT2D eigenvalue weighted by Crippen LogP contribution is 2.33. The van der Waals surface area contributed by atoms with Gasteiger partial charge in [0, 0.05) is 18.7 Å². The minimum absolute atomic E-state index is 0.134. The van der Waals surface area contributed by atoms with E-state index in [1.807, 2.05) is 38.1 Å². The fourth-order valence-electron chi connectivity index (χ4n) is 2.14. The molecule has 1 aromatic heterocycles. The number of benzene rings is 1. The van der Waals surface area contributed by atoms with Crippen molar-refractivity contribution in [2.75, 3.05) is 13.2 Å². The Balaban J connectivity index is 2.18. The topological polar surface area (TPSA) is 68.4 Å². The Labute approximate surface area is 123 Å². The van der Waals surface area contributed by atoms with Crippen LogP contribution in [0, 0.1) is 6.92 Å². The average molecular weight is 292 g/mol. The minimum Gasteiger partial charge on any atom is -0.494 e. The zero-order chi connectivity index (χ0) is 14.5. The van der Waals surface area contributed by atoms with Crippen molar-refractivity contribution in [1.82, 2.24) is 4.98 Å². The van der Waals surface area contributed by atoms with E-state index in [0.717, 1.165) is 21.2 Å². The van der Waals surface area contributed by atoms with E-state index >= 15 is 0 Å². The molecule has 0 radical (unpaired) electrons. The van der Waals surface area contributed by atoms with Gasteiger partial charge in [-0.15, -0.1) is 11.3 Å². The van der Waals surface area contributed by atoms with E-state index in [1.165, 1.54) is 11.3 Å². The normalized spacial score (nSPS) is 14.0. The van der Waals surface area contributed by atoms with Gasteiger partial charge in [-0.05, 0) is 31.5 Å². The standard InChI is InChI=1S/C15H20N2O2S/c1-3-19-12-6-4-11(5-7-12)13(8-16)15(18)14-9-17-10(2)20-14/h4-7,9,13,15,18H,3,8,16H2,1-2H3. The molecule has 2 rings (SSSR count). The predicted octanol–water partition coefficient (Wildman–Crippen LogP) is 2.63. The summed E-state index contributed by atoms with van der Waals surface area (Å²) in [6.07, 6.45) is 1.10. The van der Waals surface area contributed by atoms with Gasteiger partial charge in [-0.2, -0.15) is 0 Å². The van der Waals surface area contributed by atoms with Crippen molar-refractivity contribution >= 4 is 11.3 Å². The number of aliphatic hydroxyl groups is 1. The summed E-state index contributed by atoms with van der Waals surface area (Å²) in [4.78, 5) is 5.04. The largest absolute Gasteiger partial charge is 0.494 e. The highest BCUT2D eigenvalue weighted by Gasteiger charge is 2.23. The highest BCUT2D eigenvalue weighted by atomic mass is 32.1. The van der Waals surface area contributed by atoms with E-state index in [2.05, 4.69) is 4.98 Å². The van der Waals surface area contributed by atoms with E-state index in [4.69, 9.17) is 10.5 Å². The molecule has 2 aromatic rings. The Kier molecular flexibility index (Phi) is 5.11. The first-order valence-corrected chi connectivity index (χ1v) is 7.50. The lowest BCUT2D eigenvalue weighted by Crippen LogP contribution is -2.19.